The van der Waals surface area contributed by atoms with E-state index in [1.807, 2.05) is 0 Å². The zero-order chi connectivity index (χ0) is 14.4. The molecule has 0 spiro atoms. The number of carbonyl (C=O) groups is 2. The Labute approximate surface area is 113 Å². The number of benzene rings is 1. The highest BCUT2D eigenvalue weighted by molar-refractivity contribution is 7.98. The van der Waals surface area contributed by atoms with Gasteiger partial charge in [0.2, 0.25) is 5.91 Å². The first-order valence-corrected chi connectivity index (χ1v) is 6.58. The zero-order valence-electron chi connectivity index (χ0n) is 10.2. The van der Waals surface area contributed by atoms with Gasteiger partial charge in [-0.05, 0) is 6.07 Å². The van der Waals surface area contributed by atoms with E-state index in [0.29, 0.717) is 0 Å². The van der Waals surface area contributed by atoms with Gasteiger partial charge >= 0.3 is 5.97 Å². The molecule has 0 unspecified atom stereocenters. The third kappa shape index (κ3) is 4.86. The minimum Gasteiger partial charge on any atom is -0.480 e. The van der Waals surface area contributed by atoms with Gasteiger partial charge in [0.15, 0.2) is 11.6 Å². The number of halogens is 2. The van der Waals surface area contributed by atoms with Gasteiger partial charge in [0.05, 0.1) is 0 Å². The fourth-order valence-electron chi connectivity index (χ4n) is 1.37. The van der Waals surface area contributed by atoms with Crippen molar-refractivity contribution in [3.8, 4) is 0 Å². The van der Waals surface area contributed by atoms with Crippen LogP contribution in [-0.2, 0) is 15.3 Å². The van der Waals surface area contributed by atoms with Gasteiger partial charge < -0.3 is 10.4 Å². The molecule has 0 aliphatic carbocycles. The Hall–Kier alpha value is -1.63. The van der Waals surface area contributed by atoms with Gasteiger partial charge in [-0.3, -0.25) is 4.79 Å². The van der Waals surface area contributed by atoms with Gasteiger partial charge in [0.1, 0.15) is 6.04 Å². The van der Waals surface area contributed by atoms with Gasteiger partial charge in [0.25, 0.3) is 0 Å². The summed E-state index contributed by atoms with van der Waals surface area (Å²) < 4.78 is 26.3. The molecule has 1 amide bonds. The summed E-state index contributed by atoms with van der Waals surface area (Å²) in [6.07, 6.45) is 0. The first kappa shape index (κ1) is 15.4. The SMILES string of the molecule is CC(=O)N[C@@H](CSCc1cccc(F)c1F)C(=O)O. The summed E-state index contributed by atoms with van der Waals surface area (Å²) in [5.41, 5.74) is 0.164. The van der Waals surface area contributed by atoms with Crippen LogP contribution in [-0.4, -0.2) is 28.8 Å². The second-order valence-corrected chi connectivity index (χ2v) is 4.85. The summed E-state index contributed by atoms with van der Waals surface area (Å²) in [6, 6.07) is 2.79. The zero-order valence-corrected chi connectivity index (χ0v) is 11.0. The number of hydrogen-bond donors (Lipinski definition) is 2. The molecule has 0 aromatic heterocycles. The lowest BCUT2D eigenvalue weighted by Crippen LogP contribution is -2.41. The van der Waals surface area contributed by atoms with Crippen LogP contribution in [0.3, 0.4) is 0 Å². The van der Waals surface area contributed by atoms with Crippen molar-refractivity contribution in [2.45, 2.75) is 18.7 Å². The third-order valence-corrected chi connectivity index (χ3v) is 3.33. The van der Waals surface area contributed by atoms with Crippen LogP contribution in [0.2, 0.25) is 0 Å². The molecule has 0 heterocycles. The second-order valence-electron chi connectivity index (χ2n) is 3.82. The summed E-state index contributed by atoms with van der Waals surface area (Å²) in [5, 5.41) is 11.1. The maximum atomic E-state index is 13.3. The molecule has 1 aromatic carbocycles. The molecular formula is C12H13F2NO3S. The first-order chi connectivity index (χ1) is 8.91. The summed E-state index contributed by atoms with van der Waals surface area (Å²) in [7, 11) is 0. The van der Waals surface area contributed by atoms with Crippen LogP contribution in [0.25, 0.3) is 0 Å². The van der Waals surface area contributed by atoms with Crippen LogP contribution in [0.1, 0.15) is 12.5 Å². The van der Waals surface area contributed by atoms with Crippen molar-refractivity contribution >= 4 is 23.6 Å². The molecule has 0 saturated carbocycles. The summed E-state index contributed by atoms with van der Waals surface area (Å²) in [6.45, 7) is 1.22. The molecule has 0 aliphatic rings. The van der Waals surface area contributed by atoms with E-state index in [-0.39, 0.29) is 17.1 Å². The lowest BCUT2D eigenvalue weighted by Gasteiger charge is -2.12. The molecule has 1 aromatic rings. The molecule has 2 N–H and O–H groups in total. The number of carboxylic acid groups (broad SMARTS) is 1. The van der Waals surface area contributed by atoms with Crippen LogP contribution >= 0.6 is 11.8 Å². The van der Waals surface area contributed by atoms with E-state index in [1.54, 1.807) is 0 Å². The van der Waals surface area contributed by atoms with Crippen LogP contribution in [0.15, 0.2) is 18.2 Å². The van der Waals surface area contributed by atoms with Crippen molar-refractivity contribution in [2.75, 3.05) is 5.75 Å². The first-order valence-electron chi connectivity index (χ1n) is 5.42. The summed E-state index contributed by atoms with van der Waals surface area (Å²) >= 11 is 1.11. The molecule has 1 rings (SSSR count). The number of carboxylic acids is 1. The normalized spacial score (nSPS) is 11.9. The molecule has 7 heteroatoms. The second kappa shape index (κ2) is 7.08. The minimum absolute atomic E-state index is 0.0743. The Kier molecular flexibility index (Phi) is 5.75. The highest BCUT2D eigenvalue weighted by atomic mass is 32.2. The molecule has 1 atom stereocenters. The quantitative estimate of drug-likeness (QED) is 0.838. The largest absolute Gasteiger partial charge is 0.480 e. The molecule has 19 heavy (non-hydrogen) atoms. The lowest BCUT2D eigenvalue weighted by molar-refractivity contribution is -0.140. The highest BCUT2D eigenvalue weighted by Gasteiger charge is 2.18. The van der Waals surface area contributed by atoms with E-state index < -0.39 is 29.6 Å². The van der Waals surface area contributed by atoms with Crippen molar-refractivity contribution < 1.29 is 23.5 Å². The topological polar surface area (TPSA) is 66.4 Å². The molecule has 0 fully saturated rings. The van der Waals surface area contributed by atoms with Crippen molar-refractivity contribution in [2.24, 2.45) is 0 Å². The standard InChI is InChI=1S/C12H13F2NO3S/c1-7(16)15-10(12(17)18)6-19-5-8-3-2-4-9(13)11(8)14/h2-4,10H,5-6H2,1H3,(H,15,16)(H,17,18)/t10-/m0/s1. The predicted octanol–water partition coefficient (Wildman–Crippen LogP) is 1.79. The summed E-state index contributed by atoms with van der Waals surface area (Å²) in [4.78, 5) is 21.6. The minimum atomic E-state index is -1.16. The van der Waals surface area contributed by atoms with Gasteiger partial charge in [-0.2, -0.15) is 11.8 Å². The van der Waals surface area contributed by atoms with Crippen LogP contribution < -0.4 is 5.32 Å². The number of thioether (sulfide) groups is 1. The van der Waals surface area contributed by atoms with Gasteiger partial charge in [0, 0.05) is 24.0 Å². The molecule has 0 aliphatic heterocycles. The van der Waals surface area contributed by atoms with Crippen molar-refractivity contribution in [1.29, 1.82) is 0 Å². The van der Waals surface area contributed by atoms with Gasteiger partial charge in [-0.1, -0.05) is 12.1 Å². The van der Waals surface area contributed by atoms with E-state index in [4.69, 9.17) is 5.11 Å². The monoisotopic (exact) mass is 289 g/mol. The Morgan fingerprint density at radius 1 is 1.42 bits per heavy atom. The predicted molar refractivity (Wildman–Crippen MR) is 67.8 cm³/mol. The molecular weight excluding hydrogens is 276 g/mol. The van der Waals surface area contributed by atoms with Gasteiger partial charge in [-0.25, -0.2) is 13.6 Å². The van der Waals surface area contributed by atoms with E-state index in [0.717, 1.165) is 17.8 Å². The Morgan fingerprint density at radius 2 is 2.11 bits per heavy atom. The van der Waals surface area contributed by atoms with Crippen LogP contribution in [0.4, 0.5) is 8.78 Å². The molecule has 0 radical (unpaired) electrons. The third-order valence-electron chi connectivity index (χ3n) is 2.25. The van der Waals surface area contributed by atoms with E-state index in [2.05, 4.69) is 5.32 Å². The lowest BCUT2D eigenvalue weighted by atomic mass is 10.2. The van der Waals surface area contributed by atoms with Gasteiger partial charge in [-0.15, -0.1) is 0 Å². The molecule has 0 saturated heterocycles. The Balaban J connectivity index is 2.54. The number of hydrogen-bond acceptors (Lipinski definition) is 3. The van der Waals surface area contributed by atoms with Crippen molar-refractivity contribution in [3.05, 3.63) is 35.4 Å². The number of rotatable bonds is 6. The van der Waals surface area contributed by atoms with Crippen molar-refractivity contribution in [3.63, 3.8) is 0 Å². The fourth-order valence-corrected chi connectivity index (χ4v) is 2.39. The van der Waals surface area contributed by atoms with E-state index in [1.165, 1.54) is 19.1 Å². The number of carbonyl (C=O) groups excluding carboxylic acids is 1. The fraction of sp³-hybridized carbons (Fsp3) is 0.333. The average molecular weight is 289 g/mol. The highest BCUT2D eigenvalue weighted by Crippen LogP contribution is 2.18. The van der Waals surface area contributed by atoms with E-state index in [9.17, 15) is 18.4 Å². The maximum absolute atomic E-state index is 13.3. The Bertz CT molecular complexity index is 482. The van der Waals surface area contributed by atoms with Crippen LogP contribution in [0, 0.1) is 11.6 Å². The molecule has 104 valence electrons. The molecule has 4 nitrogen and oxygen atoms in total. The van der Waals surface area contributed by atoms with Crippen LogP contribution in [0.5, 0.6) is 0 Å². The van der Waals surface area contributed by atoms with E-state index >= 15 is 0 Å². The Morgan fingerprint density at radius 3 is 2.68 bits per heavy atom. The number of amides is 1. The number of aliphatic carboxylic acids is 1. The smallest absolute Gasteiger partial charge is 0.327 e. The number of nitrogens with one attached hydrogen (secondary N) is 1. The summed E-state index contributed by atoms with van der Waals surface area (Å²) in [5.74, 6) is -3.28. The van der Waals surface area contributed by atoms with Crippen molar-refractivity contribution in [1.82, 2.24) is 5.32 Å². The average Bonchev–Trinajstić information content (AvgIpc) is 2.32. The molecule has 0 bridgehead atoms. The maximum Gasteiger partial charge on any atom is 0.327 e.